The van der Waals surface area contributed by atoms with Gasteiger partial charge in [0.05, 0.1) is 36.9 Å². The number of benzene rings is 3. The summed E-state index contributed by atoms with van der Waals surface area (Å²) in [5.74, 6) is -0.0132. The average Bonchev–Trinajstić information content (AvgIpc) is 3.25. The molecule has 3 aromatic carbocycles. The fourth-order valence-corrected chi connectivity index (χ4v) is 5.20. The molecule has 4 aromatic rings. The molecule has 0 saturated carbocycles. The zero-order valence-corrected chi connectivity index (χ0v) is 21.7. The molecule has 0 saturated heterocycles. The van der Waals surface area contributed by atoms with Crippen LogP contribution in [0.3, 0.4) is 0 Å². The summed E-state index contributed by atoms with van der Waals surface area (Å²) in [6.45, 7) is 1.61. The van der Waals surface area contributed by atoms with Crippen LogP contribution in [0, 0.1) is 0 Å². The predicted molar refractivity (Wildman–Crippen MR) is 141 cm³/mol. The van der Waals surface area contributed by atoms with Gasteiger partial charge in [-0.05, 0) is 49.4 Å². The molecule has 0 aliphatic rings. The zero-order chi connectivity index (χ0) is 27.3. The van der Waals surface area contributed by atoms with Crippen molar-refractivity contribution in [1.82, 2.24) is 4.98 Å². The van der Waals surface area contributed by atoms with Crippen molar-refractivity contribution < 1.29 is 32.5 Å². The number of methoxy groups -OCH3 is 2. The average molecular weight is 539 g/mol. The molecule has 198 valence electrons. The van der Waals surface area contributed by atoms with Gasteiger partial charge >= 0.3 is 0 Å². The number of fused-ring (bicyclic) bond motifs is 1. The van der Waals surface area contributed by atoms with Gasteiger partial charge in [0, 0.05) is 11.5 Å². The molecule has 1 heterocycles. The number of rotatable bonds is 10. The van der Waals surface area contributed by atoms with Gasteiger partial charge in [-0.25, -0.2) is 8.42 Å². The number of nitrogens with one attached hydrogen (secondary N) is 1. The van der Waals surface area contributed by atoms with Crippen LogP contribution in [0.1, 0.15) is 6.92 Å². The number of aromatic nitrogens is 1. The number of ether oxygens (including phenoxy) is 3. The van der Waals surface area contributed by atoms with E-state index in [-0.39, 0.29) is 27.9 Å². The van der Waals surface area contributed by atoms with Crippen LogP contribution in [0.15, 0.2) is 81.9 Å². The van der Waals surface area contributed by atoms with Crippen molar-refractivity contribution in [3.05, 3.63) is 66.7 Å². The molecule has 0 radical (unpaired) electrons. The lowest BCUT2D eigenvalue weighted by atomic mass is 10.2. The molecular weight excluding hydrogens is 512 g/mol. The van der Waals surface area contributed by atoms with Crippen molar-refractivity contribution in [2.45, 2.75) is 11.8 Å². The molecule has 12 heteroatoms. The van der Waals surface area contributed by atoms with Crippen molar-refractivity contribution in [1.29, 1.82) is 0 Å². The Morgan fingerprint density at radius 3 is 2.39 bits per heavy atom. The van der Waals surface area contributed by atoms with Crippen LogP contribution in [0.5, 0.6) is 23.1 Å². The van der Waals surface area contributed by atoms with Gasteiger partial charge in [0.2, 0.25) is 5.88 Å². The Hall–Kier alpha value is -4.58. The van der Waals surface area contributed by atoms with E-state index in [1.807, 2.05) is 6.92 Å². The summed E-state index contributed by atoms with van der Waals surface area (Å²) in [4.78, 5) is 15.5. The Labute approximate surface area is 219 Å². The highest BCUT2D eigenvalue weighted by Crippen LogP contribution is 2.36. The Kier molecular flexibility index (Phi) is 7.82. The summed E-state index contributed by atoms with van der Waals surface area (Å²) in [7, 11) is -1.44. The molecule has 0 atom stereocenters. The van der Waals surface area contributed by atoms with Gasteiger partial charge < -0.3 is 24.3 Å². The van der Waals surface area contributed by atoms with E-state index in [9.17, 15) is 18.3 Å². The van der Waals surface area contributed by atoms with Gasteiger partial charge in [-0.1, -0.05) is 18.2 Å². The van der Waals surface area contributed by atoms with Gasteiger partial charge in [-0.3, -0.25) is 9.10 Å². The monoisotopic (exact) mass is 538 g/mol. The summed E-state index contributed by atoms with van der Waals surface area (Å²) in [5.41, 5.74) is 0.893. The van der Waals surface area contributed by atoms with Gasteiger partial charge in [-0.15, -0.1) is 10.2 Å². The molecule has 0 unspecified atom stereocenters. The second-order valence-electron chi connectivity index (χ2n) is 7.92. The van der Waals surface area contributed by atoms with Gasteiger partial charge in [0.15, 0.2) is 17.2 Å². The van der Waals surface area contributed by atoms with Gasteiger partial charge in [0.25, 0.3) is 15.9 Å². The van der Waals surface area contributed by atoms with Crippen LogP contribution in [0.25, 0.3) is 10.9 Å². The summed E-state index contributed by atoms with van der Waals surface area (Å²) in [6, 6.07) is 17.4. The number of carbonyl (C=O) groups excluding carboxylic acids is 1. The number of amides is 1. The molecular formula is C26H26N4O7S. The molecule has 0 bridgehead atoms. The fraction of sp³-hybridized carbons (Fsp3) is 0.192. The van der Waals surface area contributed by atoms with E-state index in [0.29, 0.717) is 29.0 Å². The Morgan fingerprint density at radius 2 is 1.71 bits per heavy atom. The lowest BCUT2D eigenvalue weighted by molar-refractivity contribution is -0.116. The topological polar surface area (TPSA) is 143 Å². The molecule has 0 aliphatic heterocycles. The number of aromatic amines is 1. The van der Waals surface area contributed by atoms with E-state index in [1.54, 1.807) is 36.4 Å². The minimum atomic E-state index is -4.27. The summed E-state index contributed by atoms with van der Waals surface area (Å²) < 4.78 is 44.3. The van der Waals surface area contributed by atoms with Crippen molar-refractivity contribution in [2.24, 2.45) is 10.2 Å². The Bertz CT molecular complexity index is 1580. The second kappa shape index (κ2) is 11.2. The molecule has 0 aliphatic carbocycles. The first-order valence-corrected chi connectivity index (χ1v) is 12.9. The lowest BCUT2D eigenvalue weighted by Gasteiger charge is -2.23. The number of aromatic hydroxyl groups is 1. The van der Waals surface area contributed by atoms with Crippen LogP contribution in [-0.4, -0.2) is 51.8 Å². The zero-order valence-electron chi connectivity index (χ0n) is 20.9. The Morgan fingerprint density at radius 1 is 1.00 bits per heavy atom. The highest BCUT2D eigenvalue weighted by molar-refractivity contribution is 7.92. The SMILES string of the molecule is CCOc1ccc(N(CC(=O)N=Nc2c(O)[nH]c3ccccc23)S(=O)(=O)c2ccc(OC)c(OC)c2)cc1. The van der Waals surface area contributed by atoms with E-state index < -0.39 is 22.5 Å². The molecule has 38 heavy (non-hydrogen) atoms. The van der Waals surface area contributed by atoms with Crippen molar-refractivity contribution >= 4 is 38.2 Å². The number of azo groups is 1. The number of sulfonamides is 1. The fourth-order valence-electron chi connectivity index (χ4n) is 3.77. The first kappa shape index (κ1) is 26.5. The highest BCUT2D eigenvalue weighted by Gasteiger charge is 2.28. The number of hydrogen-bond donors (Lipinski definition) is 2. The summed E-state index contributed by atoms with van der Waals surface area (Å²) >= 11 is 0. The van der Waals surface area contributed by atoms with Crippen LogP contribution in [0.4, 0.5) is 11.4 Å². The minimum Gasteiger partial charge on any atom is -0.494 e. The maximum Gasteiger partial charge on any atom is 0.285 e. The molecule has 11 nitrogen and oxygen atoms in total. The highest BCUT2D eigenvalue weighted by atomic mass is 32.2. The first-order valence-electron chi connectivity index (χ1n) is 11.5. The number of para-hydroxylation sites is 1. The molecule has 0 spiro atoms. The smallest absolute Gasteiger partial charge is 0.285 e. The normalized spacial score (nSPS) is 11.6. The number of carbonyl (C=O) groups is 1. The molecule has 1 aromatic heterocycles. The largest absolute Gasteiger partial charge is 0.494 e. The standard InChI is InChI=1S/C26H26N4O7S/c1-4-37-18-11-9-17(10-12-18)30(38(33,34)19-13-14-22(35-2)23(15-19)36-3)16-24(31)28-29-25-20-7-5-6-8-21(20)27-26(25)32/h5-15,27,32H,4,16H2,1-3H3. The van der Waals surface area contributed by atoms with Gasteiger partial charge in [0.1, 0.15) is 12.3 Å². The van der Waals surface area contributed by atoms with Crippen molar-refractivity contribution in [3.63, 3.8) is 0 Å². The second-order valence-corrected chi connectivity index (χ2v) is 9.78. The van der Waals surface area contributed by atoms with E-state index in [2.05, 4.69) is 15.2 Å². The predicted octanol–water partition coefficient (Wildman–Crippen LogP) is 4.80. The minimum absolute atomic E-state index is 0.0734. The maximum atomic E-state index is 13.7. The molecule has 1 amide bonds. The molecule has 2 N–H and O–H groups in total. The van der Waals surface area contributed by atoms with E-state index in [0.717, 1.165) is 4.31 Å². The molecule has 0 fully saturated rings. The van der Waals surface area contributed by atoms with Crippen molar-refractivity contribution in [2.75, 3.05) is 31.7 Å². The third kappa shape index (κ3) is 5.39. The number of nitrogens with zero attached hydrogens (tertiary/aromatic N) is 3. The number of anilines is 1. The van der Waals surface area contributed by atoms with Crippen LogP contribution in [0.2, 0.25) is 0 Å². The maximum absolute atomic E-state index is 13.7. The number of H-pyrrole nitrogens is 1. The summed E-state index contributed by atoms with van der Waals surface area (Å²) in [6.07, 6.45) is 0. The Balaban J connectivity index is 1.70. The molecule has 4 rings (SSSR count). The summed E-state index contributed by atoms with van der Waals surface area (Å²) in [5, 5.41) is 18.3. The number of hydrogen-bond acceptors (Lipinski definition) is 8. The van der Waals surface area contributed by atoms with E-state index >= 15 is 0 Å². The van der Waals surface area contributed by atoms with Crippen molar-refractivity contribution in [3.8, 4) is 23.1 Å². The van der Waals surface area contributed by atoms with Gasteiger partial charge in [-0.2, -0.15) is 0 Å². The first-order chi connectivity index (χ1) is 18.3. The van der Waals surface area contributed by atoms with Crippen LogP contribution in [-0.2, 0) is 14.8 Å². The van der Waals surface area contributed by atoms with E-state index in [4.69, 9.17) is 14.2 Å². The third-order valence-electron chi connectivity index (χ3n) is 5.58. The van der Waals surface area contributed by atoms with E-state index in [1.165, 1.54) is 44.6 Å². The van der Waals surface area contributed by atoms with Crippen LogP contribution < -0.4 is 18.5 Å². The third-order valence-corrected chi connectivity index (χ3v) is 7.35. The van der Waals surface area contributed by atoms with Crippen LogP contribution >= 0.6 is 0 Å². The lowest BCUT2D eigenvalue weighted by Crippen LogP contribution is -2.35. The quantitative estimate of drug-likeness (QED) is 0.276.